The lowest BCUT2D eigenvalue weighted by molar-refractivity contribution is -0.123. The number of rotatable bonds is 3. The summed E-state index contributed by atoms with van der Waals surface area (Å²) in [5.41, 5.74) is 2.01. The summed E-state index contributed by atoms with van der Waals surface area (Å²) in [5.74, 6) is 4.60. The van der Waals surface area contributed by atoms with E-state index in [4.69, 9.17) is 10.6 Å². The zero-order valence-corrected chi connectivity index (χ0v) is 11.3. The number of carbonyl (C=O) groups is 2. The predicted molar refractivity (Wildman–Crippen MR) is 70.9 cm³/mol. The van der Waals surface area contributed by atoms with Crippen LogP contribution in [-0.2, 0) is 9.53 Å². The third kappa shape index (κ3) is 4.97. The van der Waals surface area contributed by atoms with E-state index in [1.807, 2.05) is 11.5 Å². The van der Waals surface area contributed by atoms with Crippen LogP contribution in [0.3, 0.4) is 0 Å². The monoisotopic (exact) mass is 265 g/mol. The molecule has 0 fully saturated rings. The van der Waals surface area contributed by atoms with Crippen molar-refractivity contribution >= 4 is 12.0 Å². The standard InChI is InChI=1S/C13H19N3O3/c1-13(2,3)19-12(18)15-10(11(17)16-14)9-7-5-4-6-8-9/h4-8,10H,14H2,1-3H3,(H,15,18)(H,16,17). The zero-order chi connectivity index (χ0) is 14.5. The summed E-state index contributed by atoms with van der Waals surface area (Å²) in [6.07, 6.45) is -0.676. The van der Waals surface area contributed by atoms with Crippen molar-refractivity contribution in [3.8, 4) is 0 Å². The minimum atomic E-state index is -0.888. The fraction of sp³-hybridized carbons (Fsp3) is 0.385. The van der Waals surface area contributed by atoms with Crippen LogP contribution in [0.25, 0.3) is 0 Å². The van der Waals surface area contributed by atoms with Gasteiger partial charge in [0.2, 0.25) is 0 Å². The SMILES string of the molecule is CC(C)(C)OC(=O)NC(C(=O)NN)c1ccccc1. The van der Waals surface area contributed by atoms with E-state index in [0.717, 1.165) is 0 Å². The fourth-order valence-electron chi connectivity index (χ4n) is 1.45. The van der Waals surface area contributed by atoms with Crippen molar-refractivity contribution in [3.63, 3.8) is 0 Å². The van der Waals surface area contributed by atoms with E-state index in [1.54, 1.807) is 45.0 Å². The van der Waals surface area contributed by atoms with Crippen molar-refractivity contribution in [3.05, 3.63) is 35.9 Å². The molecule has 4 N–H and O–H groups in total. The average molecular weight is 265 g/mol. The van der Waals surface area contributed by atoms with E-state index < -0.39 is 23.6 Å². The summed E-state index contributed by atoms with van der Waals surface area (Å²) in [6, 6.07) is 7.90. The van der Waals surface area contributed by atoms with Gasteiger partial charge in [0, 0.05) is 0 Å². The lowest BCUT2D eigenvalue weighted by atomic mass is 10.1. The highest BCUT2D eigenvalue weighted by atomic mass is 16.6. The van der Waals surface area contributed by atoms with Crippen LogP contribution in [0.4, 0.5) is 4.79 Å². The van der Waals surface area contributed by atoms with Crippen molar-refractivity contribution in [2.24, 2.45) is 5.84 Å². The van der Waals surface area contributed by atoms with Crippen LogP contribution in [0, 0.1) is 0 Å². The number of benzene rings is 1. The van der Waals surface area contributed by atoms with E-state index in [9.17, 15) is 9.59 Å². The Kier molecular flexibility index (Phi) is 4.88. The molecule has 0 aromatic heterocycles. The minimum absolute atomic E-state index is 0.517. The number of hydrogen-bond donors (Lipinski definition) is 3. The number of nitrogens with two attached hydrogens (primary N) is 1. The lowest BCUT2D eigenvalue weighted by Crippen LogP contribution is -2.44. The Hall–Kier alpha value is -2.08. The molecule has 6 nitrogen and oxygen atoms in total. The van der Waals surface area contributed by atoms with E-state index >= 15 is 0 Å². The van der Waals surface area contributed by atoms with Crippen LogP contribution >= 0.6 is 0 Å². The molecule has 0 aliphatic carbocycles. The van der Waals surface area contributed by atoms with Gasteiger partial charge in [-0.1, -0.05) is 30.3 Å². The van der Waals surface area contributed by atoms with Gasteiger partial charge in [-0.25, -0.2) is 10.6 Å². The summed E-state index contributed by atoms with van der Waals surface area (Å²) in [4.78, 5) is 23.4. The molecule has 1 aromatic rings. The van der Waals surface area contributed by atoms with Gasteiger partial charge in [0.1, 0.15) is 11.6 Å². The first-order chi connectivity index (χ1) is 8.83. The Morgan fingerprint density at radius 2 is 1.79 bits per heavy atom. The second-order valence-corrected chi connectivity index (χ2v) is 5.00. The van der Waals surface area contributed by atoms with Crippen LogP contribution in [-0.4, -0.2) is 17.6 Å². The quantitative estimate of drug-likeness (QED) is 0.435. The highest BCUT2D eigenvalue weighted by Crippen LogP contribution is 2.14. The molecule has 1 aromatic carbocycles. The molecule has 0 aliphatic rings. The van der Waals surface area contributed by atoms with Crippen LogP contribution in [0.15, 0.2) is 30.3 Å². The Morgan fingerprint density at radius 3 is 2.26 bits per heavy atom. The molecule has 19 heavy (non-hydrogen) atoms. The van der Waals surface area contributed by atoms with Crippen LogP contribution in [0.5, 0.6) is 0 Å². The molecule has 0 saturated carbocycles. The van der Waals surface area contributed by atoms with Gasteiger partial charge < -0.3 is 10.1 Å². The predicted octanol–water partition coefficient (Wildman–Crippen LogP) is 1.24. The first kappa shape index (κ1) is 15.0. The summed E-state index contributed by atoms with van der Waals surface area (Å²) >= 11 is 0. The van der Waals surface area contributed by atoms with Crippen LogP contribution in [0.2, 0.25) is 0 Å². The van der Waals surface area contributed by atoms with Gasteiger partial charge in [-0.2, -0.15) is 0 Å². The molecule has 0 heterocycles. The van der Waals surface area contributed by atoms with Crippen LogP contribution in [0.1, 0.15) is 32.4 Å². The van der Waals surface area contributed by atoms with Crippen molar-refractivity contribution < 1.29 is 14.3 Å². The third-order valence-electron chi connectivity index (χ3n) is 2.20. The fourth-order valence-corrected chi connectivity index (χ4v) is 1.45. The van der Waals surface area contributed by atoms with Crippen molar-refractivity contribution in [2.45, 2.75) is 32.4 Å². The maximum absolute atomic E-state index is 11.7. The van der Waals surface area contributed by atoms with Gasteiger partial charge in [0.05, 0.1) is 0 Å². The molecule has 0 bridgehead atoms. The van der Waals surface area contributed by atoms with Gasteiger partial charge in [-0.05, 0) is 26.3 Å². The molecule has 2 amide bonds. The molecule has 0 spiro atoms. The Bertz CT molecular complexity index is 440. The summed E-state index contributed by atoms with van der Waals surface area (Å²) < 4.78 is 5.11. The largest absolute Gasteiger partial charge is 0.444 e. The molecular formula is C13H19N3O3. The first-order valence-corrected chi connectivity index (χ1v) is 5.88. The zero-order valence-electron chi connectivity index (χ0n) is 11.3. The van der Waals surface area contributed by atoms with E-state index in [0.29, 0.717) is 5.56 Å². The summed E-state index contributed by atoms with van der Waals surface area (Å²) in [6.45, 7) is 5.23. The van der Waals surface area contributed by atoms with Crippen LogP contribution < -0.4 is 16.6 Å². The maximum Gasteiger partial charge on any atom is 0.408 e. The molecule has 1 unspecified atom stereocenters. The minimum Gasteiger partial charge on any atom is -0.444 e. The Balaban J connectivity index is 2.83. The molecule has 104 valence electrons. The third-order valence-corrected chi connectivity index (χ3v) is 2.20. The second-order valence-electron chi connectivity index (χ2n) is 5.00. The molecule has 6 heteroatoms. The summed E-state index contributed by atoms with van der Waals surface area (Å²) in [7, 11) is 0. The molecule has 1 rings (SSSR count). The van der Waals surface area contributed by atoms with Crippen molar-refractivity contribution in [2.75, 3.05) is 0 Å². The summed E-state index contributed by atoms with van der Waals surface area (Å²) in [5, 5.41) is 2.49. The second kappa shape index (κ2) is 6.19. The van der Waals surface area contributed by atoms with E-state index in [2.05, 4.69) is 5.32 Å². The number of amides is 2. The number of alkyl carbamates (subject to hydrolysis) is 1. The van der Waals surface area contributed by atoms with Gasteiger partial charge in [0.15, 0.2) is 0 Å². The Labute approximate surface area is 112 Å². The lowest BCUT2D eigenvalue weighted by Gasteiger charge is -2.23. The average Bonchev–Trinajstić information content (AvgIpc) is 2.34. The van der Waals surface area contributed by atoms with Gasteiger partial charge in [-0.15, -0.1) is 0 Å². The highest BCUT2D eigenvalue weighted by Gasteiger charge is 2.25. The number of carbonyl (C=O) groups excluding carboxylic acids is 2. The van der Waals surface area contributed by atoms with Gasteiger partial charge in [0.25, 0.3) is 5.91 Å². The number of ether oxygens (including phenoxy) is 1. The molecule has 1 atom stereocenters. The highest BCUT2D eigenvalue weighted by molar-refractivity contribution is 5.86. The van der Waals surface area contributed by atoms with Gasteiger partial charge >= 0.3 is 6.09 Å². The van der Waals surface area contributed by atoms with Crippen molar-refractivity contribution in [1.82, 2.24) is 10.7 Å². The topological polar surface area (TPSA) is 93.4 Å². The molecule has 0 saturated heterocycles. The first-order valence-electron chi connectivity index (χ1n) is 5.88. The van der Waals surface area contributed by atoms with Crippen molar-refractivity contribution in [1.29, 1.82) is 0 Å². The molecule has 0 radical (unpaired) electrons. The molecular weight excluding hydrogens is 246 g/mol. The number of hydrazine groups is 1. The van der Waals surface area contributed by atoms with E-state index in [1.165, 1.54) is 0 Å². The Morgan fingerprint density at radius 1 is 1.21 bits per heavy atom. The smallest absolute Gasteiger partial charge is 0.408 e. The number of hydrogen-bond acceptors (Lipinski definition) is 4. The normalized spacial score (nSPS) is 12.4. The molecule has 0 aliphatic heterocycles. The number of nitrogens with one attached hydrogen (secondary N) is 2. The van der Waals surface area contributed by atoms with E-state index in [-0.39, 0.29) is 0 Å². The van der Waals surface area contributed by atoms with Gasteiger partial charge in [-0.3, -0.25) is 10.2 Å². The maximum atomic E-state index is 11.7.